The summed E-state index contributed by atoms with van der Waals surface area (Å²) in [5.41, 5.74) is 1.40. The molecule has 20 heavy (non-hydrogen) atoms. The van der Waals surface area contributed by atoms with Crippen molar-refractivity contribution in [1.29, 1.82) is 0 Å². The molecule has 1 fully saturated rings. The molecule has 0 radical (unpaired) electrons. The summed E-state index contributed by atoms with van der Waals surface area (Å²) in [6, 6.07) is 5.34. The van der Waals surface area contributed by atoms with Crippen LogP contribution < -0.4 is 0 Å². The summed E-state index contributed by atoms with van der Waals surface area (Å²) in [4.78, 5) is 22.4. The highest BCUT2D eigenvalue weighted by atomic mass is 16.2. The Morgan fingerprint density at radius 1 is 1.30 bits per heavy atom. The molecule has 2 aromatic rings. The molecule has 0 aliphatic carbocycles. The van der Waals surface area contributed by atoms with Gasteiger partial charge in [-0.1, -0.05) is 0 Å². The SMILES string of the molecule is O=C(c1cccnn1)N1CCC[C@@H](c2ccncn2)C1. The van der Waals surface area contributed by atoms with Gasteiger partial charge < -0.3 is 4.90 Å². The number of nitrogens with zero attached hydrogens (tertiary/aromatic N) is 5. The first-order chi connectivity index (χ1) is 9.84. The number of hydrogen-bond donors (Lipinski definition) is 0. The molecule has 1 atom stereocenters. The van der Waals surface area contributed by atoms with Crippen molar-refractivity contribution in [1.82, 2.24) is 25.1 Å². The topological polar surface area (TPSA) is 71.9 Å². The van der Waals surface area contributed by atoms with Crippen LogP contribution in [0.3, 0.4) is 0 Å². The van der Waals surface area contributed by atoms with E-state index >= 15 is 0 Å². The van der Waals surface area contributed by atoms with Crippen molar-refractivity contribution in [3.63, 3.8) is 0 Å². The predicted molar refractivity (Wildman–Crippen MR) is 71.9 cm³/mol. The van der Waals surface area contributed by atoms with E-state index in [1.807, 2.05) is 11.0 Å². The van der Waals surface area contributed by atoms with Crippen LogP contribution >= 0.6 is 0 Å². The van der Waals surface area contributed by atoms with E-state index in [1.54, 1.807) is 30.9 Å². The Kier molecular flexibility index (Phi) is 3.62. The Hall–Kier alpha value is -2.37. The summed E-state index contributed by atoms with van der Waals surface area (Å²) in [5.74, 6) is 0.212. The summed E-state index contributed by atoms with van der Waals surface area (Å²) in [5, 5.41) is 7.64. The Balaban J connectivity index is 1.74. The highest BCUT2D eigenvalue weighted by molar-refractivity contribution is 5.92. The van der Waals surface area contributed by atoms with Crippen molar-refractivity contribution in [3.05, 3.63) is 48.3 Å². The molecule has 1 amide bonds. The van der Waals surface area contributed by atoms with Crippen molar-refractivity contribution >= 4 is 5.91 Å². The van der Waals surface area contributed by atoms with E-state index in [1.165, 1.54) is 0 Å². The molecular weight excluding hydrogens is 254 g/mol. The summed E-state index contributed by atoms with van der Waals surface area (Å²) < 4.78 is 0. The molecular formula is C14H15N5O. The maximum absolute atomic E-state index is 12.4. The molecule has 0 aromatic carbocycles. The molecule has 102 valence electrons. The van der Waals surface area contributed by atoms with Gasteiger partial charge in [0.15, 0.2) is 5.69 Å². The molecule has 3 rings (SSSR count). The lowest BCUT2D eigenvalue weighted by molar-refractivity contribution is 0.0698. The van der Waals surface area contributed by atoms with E-state index in [-0.39, 0.29) is 11.8 Å². The number of carbonyl (C=O) groups is 1. The predicted octanol–water partition coefficient (Wildman–Crippen LogP) is 1.29. The van der Waals surface area contributed by atoms with Crippen molar-refractivity contribution < 1.29 is 4.79 Å². The molecule has 3 heterocycles. The number of hydrogen-bond acceptors (Lipinski definition) is 5. The van der Waals surface area contributed by atoms with E-state index in [0.29, 0.717) is 12.2 Å². The molecule has 1 saturated heterocycles. The summed E-state index contributed by atoms with van der Waals surface area (Å²) in [6.45, 7) is 1.43. The molecule has 0 N–H and O–H groups in total. The number of amides is 1. The van der Waals surface area contributed by atoms with Gasteiger partial charge in [-0.2, -0.15) is 5.10 Å². The van der Waals surface area contributed by atoms with Gasteiger partial charge >= 0.3 is 0 Å². The molecule has 0 saturated carbocycles. The minimum absolute atomic E-state index is 0.0585. The maximum atomic E-state index is 12.4. The molecule has 0 bridgehead atoms. The summed E-state index contributed by atoms with van der Waals surface area (Å²) in [6.07, 6.45) is 6.88. The van der Waals surface area contributed by atoms with Crippen LogP contribution in [0, 0.1) is 0 Å². The maximum Gasteiger partial charge on any atom is 0.274 e. The van der Waals surface area contributed by atoms with E-state index in [4.69, 9.17) is 0 Å². The number of carbonyl (C=O) groups excluding carboxylic acids is 1. The van der Waals surface area contributed by atoms with Crippen LogP contribution in [0.2, 0.25) is 0 Å². The van der Waals surface area contributed by atoms with E-state index < -0.39 is 0 Å². The van der Waals surface area contributed by atoms with Crippen LogP contribution in [0.4, 0.5) is 0 Å². The fraction of sp³-hybridized carbons (Fsp3) is 0.357. The van der Waals surface area contributed by atoms with Gasteiger partial charge in [-0.15, -0.1) is 5.10 Å². The van der Waals surface area contributed by atoms with Crippen molar-refractivity contribution in [2.45, 2.75) is 18.8 Å². The van der Waals surface area contributed by atoms with Crippen molar-refractivity contribution in [2.24, 2.45) is 0 Å². The fourth-order valence-corrected chi connectivity index (χ4v) is 2.52. The lowest BCUT2D eigenvalue weighted by Gasteiger charge is -2.32. The largest absolute Gasteiger partial charge is 0.337 e. The van der Waals surface area contributed by atoms with Crippen molar-refractivity contribution in [3.8, 4) is 0 Å². The Morgan fingerprint density at radius 2 is 2.25 bits per heavy atom. The lowest BCUT2D eigenvalue weighted by Crippen LogP contribution is -2.39. The van der Waals surface area contributed by atoms with Crippen LogP contribution in [0.15, 0.2) is 36.9 Å². The summed E-state index contributed by atoms with van der Waals surface area (Å²) >= 11 is 0. The van der Waals surface area contributed by atoms with Gasteiger partial charge in [0.2, 0.25) is 0 Å². The lowest BCUT2D eigenvalue weighted by atomic mass is 9.94. The van der Waals surface area contributed by atoms with Crippen LogP contribution in [-0.4, -0.2) is 44.1 Å². The Bertz CT molecular complexity index is 575. The number of aromatic nitrogens is 4. The van der Waals surface area contributed by atoms with Gasteiger partial charge in [0.25, 0.3) is 5.91 Å². The Morgan fingerprint density at radius 3 is 3.00 bits per heavy atom. The summed E-state index contributed by atoms with van der Waals surface area (Å²) in [7, 11) is 0. The van der Waals surface area contributed by atoms with Gasteiger partial charge in [-0.25, -0.2) is 9.97 Å². The minimum atomic E-state index is -0.0585. The average Bonchev–Trinajstić information content (AvgIpc) is 2.56. The normalized spacial score (nSPS) is 18.8. The standard InChI is InChI=1S/C14H15N5O/c20-14(13-4-1-6-17-18-13)19-8-2-3-11(9-19)12-5-7-15-10-16-12/h1,4-7,10-11H,2-3,8-9H2/t11-/m1/s1. The van der Waals surface area contributed by atoms with Crippen LogP contribution in [-0.2, 0) is 0 Å². The van der Waals surface area contributed by atoms with Gasteiger partial charge in [-0.3, -0.25) is 4.79 Å². The third kappa shape index (κ3) is 2.64. The quantitative estimate of drug-likeness (QED) is 0.821. The van der Waals surface area contributed by atoms with Crippen LogP contribution in [0.5, 0.6) is 0 Å². The molecule has 6 nitrogen and oxygen atoms in total. The minimum Gasteiger partial charge on any atom is -0.337 e. The molecule has 0 unspecified atom stereocenters. The van der Waals surface area contributed by atoms with Crippen molar-refractivity contribution in [2.75, 3.05) is 13.1 Å². The third-order valence-electron chi connectivity index (χ3n) is 3.52. The first-order valence-corrected chi connectivity index (χ1v) is 6.67. The number of piperidine rings is 1. The number of rotatable bonds is 2. The molecule has 2 aromatic heterocycles. The van der Waals surface area contributed by atoms with E-state index in [2.05, 4.69) is 20.2 Å². The second kappa shape index (κ2) is 5.73. The Labute approximate surface area is 116 Å². The zero-order valence-corrected chi connectivity index (χ0v) is 11.0. The van der Waals surface area contributed by atoms with Gasteiger partial charge in [0, 0.05) is 37.1 Å². The molecule has 0 spiro atoms. The number of likely N-dealkylation sites (tertiary alicyclic amines) is 1. The van der Waals surface area contributed by atoms with E-state index in [9.17, 15) is 4.79 Å². The molecule has 1 aliphatic heterocycles. The van der Waals surface area contributed by atoms with E-state index in [0.717, 1.165) is 25.1 Å². The van der Waals surface area contributed by atoms with Crippen LogP contribution in [0.25, 0.3) is 0 Å². The second-order valence-electron chi connectivity index (χ2n) is 4.83. The van der Waals surface area contributed by atoms with Crippen LogP contribution in [0.1, 0.15) is 34.9 Å². The second-order valence-corrected chi connectivity index (χ2v) is 4.83. The first-order valence-electron chi connectivity index (χ1n) is 6.67. The zero-order valence-electron chi connectivity index (χ0n) is 11.0. The average molecular weight is 269 g/mol. The smallest absolute Gasteiger partial charge is 0.274 e. The van der Waals surface area contributed by atoms with Gasteiger partial charge in [0.1, 0.15) is 6.33 Å². The first kappa shape index (κ1) is 12.7. The van der Waals surface area contributed by atoms with Gasteiger partial charge in [0.05, 0.1) is 0 Å². The monoisotopic (exact) mass is 269 g/mol. The third-order valence-corrected chi connectivity index (χ3v) is 3.52. The zero-order chi connectivity index (χ0) is 13.8. The molecule has 6 heteroatoms. The highest BCUT2D eigenvalue weighted by Crippen LogP contribution is 2.25. The molecule has 1 aliphatic rings. The fourth-order valence-electron chi connectivity index (χ4n) is 2.52. The highest BCUT2D eigenvalue weighted by Gasteiger charge is 2.26. The van der Waals surface area contributed by atoms with Gasteiger partial charge in [-0.05, 0) is 31.0 Å².